The standard InChI is InChI=1S/C15H14Br2O2/c1-11(19-15-8-4-13(17)5-9-15)10-18-14-6-2-12(16)3-7-14/h2-9,11H,10H2,1H3. The summed E-state index contributed by atoms with van der Waals surface area (Å²) in [5.41, 5.74) is 0. The van der Waals surface area contributed by atoms with Gasteiger partial charge in [-0.15, -0.1) is 0 Å². The minimum absolute atomic E-state index is 0.00942. The maximum atomic E-state index is 5.76. The zero-order chi connectivity index (χ0) is 13.7. The second-order valence-electron chi connectivity index (χ2n) is 4.15. The molecule has 0 amide bonds. The molecule has 0 saturated carbocycles. The molecule has 2 rings (SSSR count). The van der Waals surface area contributed by atoms with Crippen molar-refractivity contribution in [3.8, 4) is 11.5 Å². The Balaban J connectivity index is 1.82. The van der Waals surface area contributed by atoms with Crippen LogP contribution in [-0.2, 0) is 0 Å². The van der Waals surface area contributed by atoms with Gasteiger partial charge in [0.25, 0.3) is 0 Å². The van der Waals surface area contributed by atoms with Crippen molar-refractivity contribution in [2.45, 2.75) is 13.0 Å². The van der Waals surface area contributed by atoms with E-state index in [1.807, 2.05) is 55.5 Å². The summed E-state index contributed by atoms with van der Waals surface area (Å²) in [6, 6.07) is 15.5. The minimum atomic E-state index is -0.00942. The first-order valence-electron chi connectivity index (χ1n) is 5.94. The number of benzene rings is 2. The fourth-order valence-corrected chi connectivity index (χ4v) is 2.05. The van der Waals surface area contributed by atoms with Crippen molar-refractivity contribution in [2.24, 2.45) is 0 Å². The molecular weight excluding hydrogens is 372 g/mol. The van der Waals surface area contributed by atoms with Crippen molar-refractivity contribution >= 4 is 31.9 Å². The Bertz CT molecular complexity index is 509. The van der Waals surface area contributed by atoms with Gasteiger partial charge in [0.05, 0.1) is 0 Å². The fraction of sp³-hybridized carbons (Fsp3) is 0.200. The van der Waals surface area contributed by atoms with Crippen LogP contribution in [0, 0.1) is 0 Å². The molecular formula is C15H14Br2O2. The first kappa shape index (κ1) is 14.4. The SMILES string of the molecule is CC(COc1ccc(Br)cc1)Oc1ccc(Br)cc1. The van der Waals surface area contributed by atoms with E-state index in [0.29, 0.717) is 6.61 Å². The van der Waals surface area contributed by atoms with Crippen LogP contribution in [0.5, 0.6) is 11.5 Å². The largest absolute Gasteiger partial charge is 0.490 e. The Hall–Kier alpha value is -1.00. The van der Waals surface area contributed by atoms with Crippen LogP contribution >= 0.6 is 31.9 Å². The lowest BCUT2D eigenvalue weighted by Gasteiger charge is -2.15. The molecule has 0 aliphatic heterocycles. The average molecular weight is 386 g/mol. The molecule has 2 aromatic carbocycles. The van der Waals surface area contributed by atoms with Gasteiger partial charge in [-0.25, -0.2) is 0 Å². The molecule has 0 saturated heterocycles. The van der Waals surface area contributed by atoms with Gasteiger partial charge in [-0.1, -0.05) is 31.9 Å². The van der Waals surface area contributed by atoms with E-state index in [9.17, 15) is 0 Å². The number of hydrogen-bond donors (Lipinski definition) is 0. The molecule has 0 bridgehead atoms. The second-order valence-corrected chi connectivity index (χ2v) is 5.98. The summed E-state index contributed by atoms with van der Waals surface area (Å²) < 4.78 is 13.5. The molecule has 100 valence electrons. The van der Waals surface area contributed by atoms with Crippen molar-refractivity contribution in [3.05, 3.63) is 57.5 Å². The number of ether oxygens (including phenoxy) is 2. The molecule has 0 heterocycles. The highest BCUT2D eigenvalue weighted by Gasteiger charge is 2.05. The molecule has 0 fully saturated rings. The maximum Gasteiger partial charge on any atom is 0.130 e. The third kappa shape index (κ3) is 4.88. The molecule has 2 aromatic rings. The van der Waals surface area contributed by atoms with Crippen molar-refractivity contribution in [1.82, 2.24) is 0 Å². The summed E-state index contributed by atoms with van der Waals surface area (Å²) in [5.74, 6) is 1.68. The summed E-state index contributed by atoms with van der Waals surface area (Å²) in [6.07, 6.45) is -0.00942. The highest BCUT2D eigenvalue weighted by molar-refractivity contribution is 9.10. The molecule has 0 radical (unpaired) electrons. The molecule has 0 N–H and O–H groups in total. The zero-order valence-corrected chi connectivity index (χ0v) is 13.6. The lowest BCUT2D eigenvalue weighted by molar-refractivity contribution is 0.143. The van der Waals surface area contributed by atoms with E-state index in [1.165, 1.54) is 0 Å². The average Bonchev–Trinajstić information content (AvgIpc) is 2.41. The van der Waals surface area contributed by atoms with Crippen LogP contribution in [0.4, 0.5) is 0 Å². The monoisotopic (exact) mass is 384 g/mol. The van der Waals surface area contributed by atoms with E-state index in [1.54, 1.807) is 0 Å². The third-order valence-corrected chi connectivity index (χ3v) is 3.51. The highest BCUT2D eigenvalue weighted by atomic mass is 79.9. The first-order chi connectivity index (χ1) is 9.13. The second kappa shape index (κ2) is 6.96. The lowest BCUT2D eigenvalue weighted by Crippen LogP contribution is -2.20. The summed E-state index contributed by atoms with van der Waals surface area (Å²) in [7, 11) is 0. The van der Waals surface area contributed by atoms with E-state index in [-0.39, 0.29) is 6.10 Å². The van der Waals surface area contributed by atoms with Crippen LogP contribution in [0.1, 0.15) is 6.92 Å². The molecule has 0 aliphatic carbocycles. The van der Waals surface area contributed by atoms with E-state index in [0.717, 1.165) is 20.4 Å². The maximum absolute atomic E-state index is 5.76. The van der Waals surface area contributed by atoms with Gasteiger partial charge >= 0.3 is 0 Å². The fourth-order valence-electron chi connectivity index (χ4n) is 1.52. The predicted octanol–water partition coefficient (Wildman–Crippen LogP) is 5.06. The highest BCUT2D eigenvalue weighted by Crippen LogP contribution is 2.19. The molecule has 0 aliphatic rings. The van der Waals surface area contributed by atoms with Crippen molar-refractivity contribution < 1.29 is 9.47 Å². The van der Waals surface area contributed by atoms with E-state index in [4.69, 9.17) is 9.47 Å². The summed E-state index contributed by atoms with van der Waals surface area (Å²) in [5, 5.41) is 0. The molecule has 1 atom stereocenters. The molecule has 1 unspecified atom stereocenters. The number of rotatable bonds is 5. The lowest BCUT2D eigenvalue weighted by atomic mass is 10.3. The van der Waals surface area contributed by atoms with Gasteiger partial charge in [0.15, 0.2) is 0 Å². The number of halogens is 2. The summed E-state index contributed by atoms with van der Waals surface area (Å²) >= 11 is 6.79. The third-order valence-electron chi connectivity index (χ3n) is 2.45. The quantitative estimate of drug-likeness (QED) is 0.716. The number of hydrogen-bond acceptors (Lipinski definition) is 2. The Morgan fingerprint density at radius 2 is 1.32 bits per heavy atom. The Morgan fingerprint density at radius 3 is 1.84 bits per heavy atom. The predicted molar refractivity (Wildman–Crippen MR) is 83.9 cm³/mol. The van der Waals surface area contributed by atoms with Gasteiger partial charge in [-0.2, -0.15) is 0 Å². The van der Waals surface area contributed by atoms with Crippen LogP contribution in [-0.4, -0.2) is 12.7 Å². The zero-order valence-electron chi connectivity index (χ0n) is 10.5. The van der Waals surface area contributed by atoms with Crippen molar-refractivity contribution in [1.29, 1.82) is 0 Å². The van der Waals surface area contributed by atoms with Crippen LogP contribution in [0.3, 0.4) is 0 Å². The molecule has 0 spiro atoms. The van der Waals surface area contributed by atoms with Crippen LogP contribution in [0.25, 0.3) is 0 Å². The van der Waals surface area contributed by atoms with Crippen molar-refractivity contribution in [2.75, 3.05) is 6.61 Å². The van der Waals surface area contributed by atoms with Gasteiger partial charge in [0.1, 0.15) is 24.2 Å². The van der Waals surface area contributed by atoms with Gasteiger partial charge < -0.3 is 9.47 Å². The van der Waals surface area contributed by atoms with Gasteiger partial charge in [-0.3, -0.25) is 0 Å². The van der Waals surface area contributed by atoms with Gasteiger partial charge in [0, 0.05) is 8.95 Å². The molecule has 2 nitrogen and oxygen atoms in total. The molecule has 4 heteroatoms. The van der Waals surface area contributed by atoms with E-state index < -0.39 is 0 Å². The van der Waals surface area contributed by atoms with Crippen molar-refractivity contribution in [3.63, 3.8) is 0 Å². The Labute approximate surface area is 130 Å². The summed E-state index contributed by atoms with van der Waals surface area (Å²) in [6.45, 7) is 2.50. The topological polar surface area (TPSA) is 18.5 Å². The molecule has 19 heavy (non-hydrogen) atoms. The Kier molecular flexibility index (Phi) is 5.28. The Morgan fingerprint density at radius 1 is 0.842 bits per heavy atom. The van der Waals surface area contributed by atoms with E-state index >= 15 is 0 Å². The normalized spacial score (nSPS) is 11.9. The smallest absolute Gasteiger partial charge is 0.130 e. The minimum Gasteiger partial charge on any atom is -0.490 e. The molecule has 0 aromatic heterocycles. The summed E-state index contributed by atoms with van der Waals surface area (Å²) in [4.78, 5) is 0. The van der Waals surface area contributed by atoms with E-state index in [2.05, 4.69) is 31.9 Å². The van der Waals surface area contributed by atoms with Gasteiger partial charge in [0.2, 0.25) is 0 Å². The van der Waals surface area contributed by atoms with Crippen LogP contribution < -0.4 is 9.47 Å². The van der Waals surface area contributed by atoms with Crippen LogP contribution in [0.15, 0.2) is 57.5 Å². The van der Waals surface area contributed by atoms with Crippen LogP contribution in [0.2, 0.25) is 0 Å². The first-order valence-corrected chi connectivity index (χ1v) is 7.52. The van der Waals surface area contributed by atoms with Gasteiger partial charge in [-0.05, 0) is 55.5 Å².